The average molecular weight is 403 g/mol. The number of carbonyl (C=O) groups is 1. The minimum Gasteiger partial charge on any atom is -0.481 e. The van der Waals surface area contributed by atoms with E-state index >= 15 is 0 Å². The zero-order valence-electron chi connectivity index (χ0n) is 13.6. The molecule has 2 aromatic carbocycles. The Bertz CT molecular complexity index is 890. The SMILES string of the molecule is O=C(O)CSc1cc(-c2ccccc2)nc(SCc2ccc(Cl)cc2)n1. The lowest BCUT2D eigenvalue weighted by Gasteiger charge is -2.08. The van der Waals surface area contributed by atoms with E-state index in [1.165, 1.54) is 23.5 Å². The molecule has 0 aliphatic carbocycles. The van der Waals surface area contributed by atoms with Crippen molar-refractivity contribution in [1.82, 2.24) is 9.97 Å². The van der Waals surface area contributed by atoms with Crippen molar-refractivity contribution in [1.29, 1.82) is 0 Å². The van der Waals surface area contributed by atoms with E-state index in [4.69, 9.17) is 16.7 Å². The van der Waals surface area contributed by atoms with E-state index in [9.17, 15) is 4.79 Å². The molecule has 3 rings (SSSR count). The molecule has 1 N–H and O–H groups in total. The molecule has 0 fully saturated rings. The normalized spacial score (nSPS) is 10.7. The van der Waals surface area contributed by atoms with Gasteiger partial charge in [0.2, 0.25) is 0 Å². The minimum atomic E-state index is -0.870. The van der Waals surface area contributed by atoms with Gasteiger partial charge in [-0.05, 0) is 23.8 Å². The van der Waals surface area contributed by atoms with E-state index in [-0.39, 0.29) is 5.75 Å². The highest BCUT2D eigenvalue weighted by Gasteiger charge is 2.10. The number of carboxylic acids is 1. The smallest absolute Gasteiger partial charge is 0.313 e. The van der Waals surface area contributed by atoms with Crippen LogP contribution in [0, 0.1) is 0 Å². The van der Waals surface area contributed by atoms with Crippen LogP contribution in [0.25, 0.3) is 11.3 Å². The third-order valence-corrected chi connectivity index (χ3v) is 5.44. The molecule has 1 heterocycles. The molecule has 0 amide bonds. The van der Waals surface area contributed by atoms with Crippen LogP contribution in [0.5, 0.6) is 0 Å². The predicted octanol–water partition coefficient (Wildman–Crippen LogP) is 5.27. The zero-order valence-corrected chi connectivity index (χ0v) is 16.0. The van der Waals surface area contributed by atoms with Gasteiger partial charge in [-0.25, -0.2) is 9.97 Å². The molecular formula is C19H15ClN2O2S2. The van der Waals surface area contributed by atoms with Crippen LogP contribution in [-0.2, 0) is 10.5 Å². The topological polar surface area (TPSA) is 63.1 Å². The van der Waals surface area contributed by atoms with E-state index in [1.807, 2.05) is 60.7 Å². The van der Waals surface area contributed by atoms with Crippen LogP contribution in [0.4, 0.5) is 0 Å². The van der Waals surface area contributed by atoms with Crippen molar-refractivity contribution < 1.29 is 9.90 Å². The fourth-order valence-corrected chi connectivity index (χ4v) is 3.78. The van der Waals surface area contributed by atoms with Gasteiger partial charge in [0.1, 0.15) is 5.03 Å². The highest BCUT2D eigenvalue weighted by Crippen LogP contribution is 2.28. The summed E-state index contributed by atoms with van der Waals surface area (Å²) in [6, 6.07) is 19.3. The molecule has 26 heavy (non-hydrogen) atoms. The fraction of sp³-hybridized carbons (Fsp3) is 0.105. The number of aliphatic carboxylic acids is 1. The number of hydrogen-bond donors (Lipinski definition) is 1. The highest BCUT2D eigenvalue weighted by molar-refractivity contribution is 8.00. The summed E-state index contributed by atoms with van der Waals surface area (Å²) in [5.74, 6) is -0.199. The Morgan fingerprint density at radius 1 is 1.00 bits per heavy atom. The van der Waals surface area contributed by atoms with Crippen LogP contribution < -0.4 is 0 Å². The summed E-state index contributed by atoms with van der Waals surface area (Å²) >= 11 is 8.62. The van der Waals surface area contributed by atoms with Crippen LogP contribution in [0.3, 0.4) is 0 Å². The quantitative estimate of drug-likeness (QED) is 0.330. The Morgan fingerprint density at radius 2 is 1.73 bits per heavy atom. The molecule has 0 radical (unpaired) electrons. The van der Waals surface area contributed by atoms with Crippen molar-refractivity contribution in [3.05, 3.63) is 71.2 Å². The van der Waals surface area contributed by atoms with E-state index in [1.54, 1.807) is 0 Å². The Kier molecular flexibility index (Phi) is 6.55. The van der Waals surface area contributed by atoms with Gasteiger partial charge in [-0.15, -0.1) is 0 Å². The molecule has 0 atom stereocenters. The Morgan fingerprint density at radius 3 is 2.42 bits per heavy atom. The number of carboxylic acid groups (broad SMARTS) is 1. The Hall–Kier alpha value is -2.02. The lowest BCUT2D eigenvalue weighted by molar-refractivity contribution is -0.133. The number of halogens is 1. The maximum Gasteiger partial charge on any atom is 0.313 e. The molecule has 0 saturated carbocycles. The molecule has 132 valence electrons. The average Bonchev–Trinajstić information content (AvgIpc) is 2.66. The van der Waals surface area contributed by atoms with Gasteiger partial charge in [0.15, 0.2) is 5.16 Å². The maximum absolute atomic E-state index is 10.9. The summed E-state index contributed by atoms with van der Waals surface area (Å²) < 4.78 is 0. The molecule has 0 unspecified atom stereocenters. The van der Waals surface area contributed by atoms with Crippen molar-refractivity contribution in [3.63, 3.8) is 0 Å². The fourth-order valence-electron chi connectivity index (χ4n) is 2.16. The lowest BCUT2D eigenvalue weighted by atomic mass is 10.1. The first-order chi connectivity index (χ1) is 12.6. The van der Waals surface area contributed by atoms with Gasteiger partial charge >= 0.3 is 5.97 Å². The summed E-state index contributed by atoms with van der Waals surface area (Å²) in [4.78, 5) is 20.0. The summed E-state index contributed by atoms with van der Waals surface area (Å²) in [7, 11) is 0. The molecule has 4 nitrogen and oxygen atoms in total. The number of aromatic nitrogens is 2. The van der Waals surface area contributed by atoms with Crippen LogP contribution in [0.2, 0.25) is 5.02 Å². The van der Waals surface area contributed by atoms with Gasteiger partial charge in [-0.1, -0.05) is 77.6 Å². The monoisotopic (exact) mass is 402 g/mol. The van der Waals surface area contributed by atoms with Gasteiger partial charge in [0.25, 0.3) is 0 Å². The third-order valence-electron chi connectivity index (χ3n) is 3.38. The summed E-state index contributed by atoms with van der Waals surface area (Å²) in [5, 5.41) is 10.9. The first-order valence-corrected chi connectivity index (χ1v) is 10.1. The Labute approximate surface area is 165 Å². The number of thioether (sulfide) groups is 2. The second-order valence-corrected chi connectivity index (χ2v) is 7.71. The molecule has 0 aliphatic heterocycles. The highest BCUT2D eigenvalue weighted by atomic mass is 35.5. The molecular weight excluding hydrogens is 388 g/mol. The van der Waals surface area contributed by atoms with E-state index in [0.717, 1.165) is 16.8 Å². The molecule has 0 saturated heterocycles. The molecule has 7 heteroatoms. The van der Waals surface area contributed by atoms with Crippen molar-refractivity contribution in [2.75, 3.05) is 5.75 Å². The van der Waals surface area contributed by atoms with Crippen LogP contribution in [0.15, 0.2) is 70.8 Å². The largest absolute Gasteiger partial charge is 0.481 e. The summed E-state index contributed by atoms with van der Waals surface area (Å²) in [6.45, 7) is 0. The summed E-state index contributed by atoms with van der Waals surface area (Å²) in [6.07, 6.45) is 0. The number of benzene rings is 2. The third kappa shape index (κ3) is 5.49. The van der Waals surface area contributed by atoms with E-state index in [0.29, 0.717) is 21.0 Å². The summed E-state index contributed by atoms with van der Waals surface area (Å²) in [5.41, 5.74) is 2.88. The van der Waals surface area contributed by atoms with Crippen molar-refractivity contribution in [2.24, 2.45) is 0 Å². The first kappa shape index (κ1) is 18.8. The standard InChI is InChI=1S/C19H15ClN2O2S2/c20-15-8-6-13(7-9-15)11-26-19-21-16(14-4-2-1-3-5-14)10-17(22-19)25-12-18(23)24/h1-10H,11-12H2,(H,23,24). The van der Waals surface area contributed by atoms with Gasteiger partial charge in [-0.3, -0.25) is 4.79 Å². The second-order valence-electron chi connectivity index (χ2n) is 5.34. The minimum absolute atomic E-state index is 0.0352. The van der Waals surface area contributed by atoms with Crippen molar-refractivity contribution in [2.45, 2.75) is 15.9 Å². The first-order valence-electron chi connectivity index (χ1n) is 7.76. The van der Waals surface area contributed by atoms with Gasteiger partial charge in [0, 0.05) is 16.3 Å². The van der Waals surface area contributed by atoms with E-state index < -0.39 is 5.97 Å². The molecule has 0 aliphatic rings. The van der Waals surface area contributed by atoms with Crippen molar-refractivity contribution in [3.8, 4) is 11.3 Å². The number of hydrogen-bond acceptors (Lipinski definition) is 5. The van der Waals surface area contributed by atoms with Crippen molar-refractivity contribution >= 4 is 41.1 Å². The van der Waals surface area contributed by atoms with Crippen LogP contribution >= 0.6 is 35.1 Å². The zero-order chi connectivity index (χ0) is 18.4. The van der Waals surface area contributed by atoms with E-state index in [2.05, 4.69) is 9.97 Å². The predicted molar refractivity (Wildman–Crippen MR) is 107 cm³/mol. The van der Waals surface area contributed by atoms with Gasteiger partial charge in [0.05, 0.1) is 11.4 Å². The van der Waals surface area contributed by atoms with Gasteiger partial charge < -0.3 is 5.11 Å². The molecule has 0 bridgehead atoms. The molecule has 3 aromatic rings. The number of nitrogens with zero attached hydrogens (tertiary/aromatic N) is 2. The van der Waals surface area contributed by atoms with Crippen LogP contribution in [-0.4, -0.2) is 26.8 Å². The molecule has 0 spiro atoms. The number of rotatable bonds is 7. The van der Waals surface area contributed by atoms with Gasteiger partial charge in [-0.2, -0.15) is 0 Å². The Balaban J connectivity index is 1.83. The van der Waals surface area contributed by atoms with Crippen LogP contribution in [0.1, 0.15) is 5.56 Å². The lowest BCUT2D eigenvalue weighted by Crippen LogP contribution is -2.00. The molecule has 1 aromatic heterocycles. The maximum atomic E-state index is 10.9. The second kappa shape index (κ2) is 9.07.